The Bertz CT molecular complexity index is 396. The molecule has 2 rings (SSSR count). The van der Waals surface area contributed by atoms with E-state index in [0.29, 0.717) is 12.0 Å². The SMILES string of the molecule is CC(C)c1ccnc2c1N(C(C)C)CCCCC2. The molecule has 0 saturated carbocycles. The van der Waals surface area contributed by atoms with Gasteiger partial charge in [0.1, 0.15) is 0 Å². The molecule has 0 N–H and O–H groups in total. The van der Waals surface area contributed by atoms with Gasteiger partial charge in [0.15, 0.2) is 0 Å². The molecule has 1 aromatic rings. The zero-order chi connectivity index (χ0) is 13.1. The summed E-state index contributed by atoms with van der Waals surface area (Å²) in [4.78, 5) is 7.22. The van der Waals surface area contributed by atoms with Crippen LogP contribution in [0.1, 0.15) is 64.1 Å². The molecular formula is C16H26N2. The normalized spacial score (nSPS) is 16.7. The smallest absolute Gasteiger partial charge is 0.0639 e. The standard InChI is InChI=1S/C16H26N2/c1-12(2)14-9-10-17-15-8-6-5-7-11-18(13(3)4)16(14)15/h9-10,12-13H,5-8,11H2,1-4H3. The first kappa shape index (κ1) is 13.4. The lowest BCUT2D eigenvalue weighted by Crippen LogP contribution is -2.34. The summed E-state index contributed by atoms with van der Waals surface area (Å²) in [7, 11) is 0. The van der Waals surface area contributed by atoms with Crippen LogP contribution in [0.3, 0.4) is 0 Å². The molecule has 0 spiro atoms. The first-order valence-corrected chi connectivity index (χ1v) is 7.35. The van der Waals surface area contributed by atoms with Gasteiger partial charge in [0.2, 0.25) is 0 Å². The van der Waals surface area contributed by atoms with Gasteiger partial charge < -0.3 is 4.90 Å². The zero-order valence-corrected chi connectivity index (χ0v) is 12.2. The number of pyridine rings is 1. The summed E-state index contributed by atoms with van der Waals surface area (Å²) in [6.45, 7) is 10.3. The molecule has 0 amide bonds. The predicted octanol–water partition coefficient (Wildman–Crippen LogP) is 4.15. The highest BCUT2D eigenvalue weighted by atomic mass is 15.2. The van der Waals surface area contributed by atoms with E-state index in [-0.39, 0.29) is 0 Å². The molecule has 1 aliphatic rings. The lowest BCUT2D eigenvalue weighted by molar-refractivity contribution is 0.584. The number of hydrogen-bond donors (Lipinski definition) is 0. The highest BCUT2D eigenvalue weighted by molar-refractivity contribution is 5.59. The van der Waals surface area contributed by atoms with Crippen LogP contribution in [-0.4, -0.2) is 17.6 Å². The van der Waals surface area contributed by atoms with Gasteiger partial charge >= 0.3 is 0 Å². The van der Waals surface area contributed by atoms with Gasteiger partial charge in [-0.15, -0.1) is 0 Å². The van der Waals surface area contributed by atoms with Gasteiger partial charge in [-0.3, -0.25) is 4.98 Å². The molecule has 0 unspecified atom stereocenters. The topological polar surface area (TPSA) is 16.1 Å². The van der Waals surface area contributed by atoms with E-state index < -0.39 is 0 Å². The molecule has 1 aliphatic heterocycles. The van der Waals surface area contributed by atoms with Crippen molar-refractivity contribution in [3.8, 4) is 0 Å². The highest BCUT2D eigenvalue weighted by Crippen LogP contribution is 2.33. The highest BCUT2D eigenvalue weighted by Gasteiger charge is 2.21. The van der Waals surface area contributed by atoms with Crippen LogP contribution in [0.4, 0.5) is 5.69 Å². The summed E-state index contributed by atoms with van der Waals surface area (Å²) >= 11 is 0. The van der Waals surface area contributed by atoms with Crippen LogP contribution in [0.5, 0.6) is 0 Å². The molecule has 0 atom stereocenters. The molecule has 0 radical (unpaired) electrons. The summed E-state index contributed by atoms with van der Waals surface area (Å²) in [5.74, 6) is 0.572. The van der Waals surface area contributed by atoms with Crippen LogP contribution in [0, 0.1) is 0 Å². The Balaban J connectivity index is 2.51. The number of aryl methyl sites for hydroxylation is 1. The molecule has 2 heteroatoms. The van der Waals surface area contributed by atoms with Crippen LogP contribution in [0.15, 0.2) is 12.3 Å². The predicted molar refractivity (Wildman–Crippen MR) is 78.4 cm³/mol. The molecule has 0 aliphatic carbocycles. The van der Waals surface area contributed by atoms with Crippen LogP contribution < -0.4 is 4.90 Å². The molecule has 1 aromatic heterocycles. The summed E-state index contributed by atoms with van der Waals surface area (Å²) in [5, 5.41) is 0. The second-order valence-electron chi connectivity index (χ2n) is 5.95. The minimum absolute atomic E-state index is 0.559. The number of fused-ring (bicyclic) bond motifs is 1. The van der Waals surface area contributed by atoms with Crippen molar-refractivity contribution in [3.63, 3.8) is 0 Å². The number of rotatable bonds is 2. The van der Waals surface area contributed by atoms with Gasteiger partial charge in [0.25, 0.3) is 0 Å². The Kier molecular flexibility index (Phi) is 4.26. The van der Waals surface area contributed by atoms with Gasteiger partial charge in [-0.25, -0.2) is 0 Å². The van der Waals surface area contributed by atoms with Gasteiger partial charge in [-0.1, -0.05) is 20.3 Å². The Morgan fingerprint density at radius 2 is 1.89 bits per heavy atom. The van der Waals surface area contributed by atoms with E-state index in [1.54, 1.807) is 0 Å². The van der Waals surface area contributed by atoms with Crippen molar-refractivity contribution in [3.05, 3.63) is 23.5 Å². The van der Waals surface area contributed by atoms with Crippen LogP contribution in [0.2, 0.25) is 0 Å². The van der Waals surface area contributed by atoms with Crippen molar-refractivity contribution >= 4 is 5.69 Å². The van der Waals surface area contributed by atoms with Crippen molar-refractivity contribution < 1.29 is 0 Å². The summed E-state index contributed by atoms with van der Waals surface area (Å²) in [6, 6.07) is 2.77. The van der Waals surface area contributed by atoms with E-state index in [0.717, 1.165) is 6.42 Å². The quantitative estimate of drug-likeness (QED) is 0.779. The minimum atomic E-state index is 0.559. The average molecular weight is 246 g/mol. The molecule has 2 nitrogen and oxygen atoms in total. The third-order valence-electron chi connectivity index (χ3n) is 3.88. The van der Waals surface area contributed by atoms with Gasteiger partial charge in [0, 0.05) is 18.8 Å². The maximum absolute atomic E-state index is 4.65. The molecule has 100 valence electrons. The van der Waals surface area contributed by atoms with Crippen molar-refractivity contribution in [1.29, 1.82) is 0 Å². The number of anilines is 1. The molecule has 18 heavy (non-hydrogen) atoms. The molecular weight excluding hydrogens is 220 g/mol. The third kappa shape index (κ3) is 2.68. The van der Waals surface area contributed by atoms with E-state index in [1.807, 2.05) is 6.20 Å². The Morgan fingerprint density at radius 3 is 2.56 bits per heavy atom. The minimum Gasteiger partial charge on any atom is -0.367 e. The zero-order valence-electron chi connectivity index (χ0n) is 12.2. The molecule has 0 saturated heterocycles. The third-order valence-corrected chi connectivity index (χ3v) is 3.88. The van der Waals surface area contributed by atoms with Crippen LogP contribution in [-0.2, 0) is 6.42 Å². The lowest BCUT2D eigenvalue weighted by atomic mass is 9.96. The number of nitrogens with zero attached hydrogens (tertiary/aromatic N) is 2. The van der Waals surface area contributed by atoms with E-state index in [9.17, 15) is 0 Å². The monoisotopic (exact) mass is 246 g/mol. The van der Waals surface area contributed by atoms with Gasteiger partial charge in [0.05, 0.1) is 11.4 Å². The summed E-state index contributed by atoms with van der Waals surface area (Å²) in [5.41, 5.74) is 4.22. The van der Waals surface area contributed by atoms with Crippen molar-refractivity contribution in [2.75, 3.05) is 11.4 Å². The molecule has 2 heterocycles. The average Bonchev–Trinajstić information content (AvgIpc) is 2.28. The Hall–Kier alpha value is -1.05. The Labute approximate surface area is 111 Å². The molecule has 0 bridgehead atoms. The van der Waals surface area contributed by atoms with Crippen LogP contribution in [0.25, 0.3) is 0 Å². The molecule has 0 fully saturated rings. The van der Waals surface area contributed by atoms with Gasteiger partial charge in [-0.05, 0) is 50.7 Å². The first-order valence-electron chi connectivity index (χ1n) is 7.35. The van der Waals surface area contributed by atoms with E-state index in [2.05, 4.69) is 43.6 Å². The maximum Gasteiger partial charge on any atom is 0.0639 e. The fourth-order valence-corrected chi connectivity index (χ4v) is 2.87. The van der Waals surface area contributed by atoms with Crippen molar-refractivity contribution in [2.24, 2.45) is 0 Å². The second-order valence-corrected chi connectivity index (χ2v) is 5.95. The van der Waals surface area contributed by atoms with Crippen molar-refractivity contribution in [1.82, 2.24) is 4.98 Å². The molecule has 0 aromatic carbocycles. The largest absolute Gasteiger partial charge is 0.367 e. The van der Waals surface area contributed by atoms with E-state index in [1.165, 1.54) is 42.8 Å². The fourth-order valence-electron chi connectivity index (χ4n) is 2.87. The Morgan fingerprint density at radius 1 is 1.11 bits per heavy atom. The summed E-state index contributed by atoms with van der Waals surface area (Å²) in [6.07, 6.45) is 7.06. The van der Waals surface area contributed by atoms with E-state index >= 15 is 0 Å². The summed E-state index contributed by atoms with van der Waals surface area (Å²) < 4.78 is 0. The second kappa shape index (κ2) is 5.73. The first-order chi connectivity index (χ1) is 8.61. The number of hydrogen-bond acceptors (Lipinski definition) is 2. The van der Waals surface area contributed by atoms with E-state index in [4.69, 9.17) is 0 Å². The lowest BCUT2D eigenvalue weighted by Gasteiger charge is -2.34. The fraction of sp³-hybridized carbons (Fsp3) is 0.688. The van der Waals surface area contributed by atoms with Gasteiger partial charge in [-0.2, -0.15) is 0 Å². The maximum atomic E-state index is 4.65. The number of aromatic nitrogens is 1. The van der Waals surface area contributed by atoms with Crippen molar-refractivity contribution in [2.45, 2.75) is 65.3 Å². The van der Waals surface area contributed by atoms with Crippen LogP contribution >= 0.6 is 0 Å².